The molecule has 0 spiro atoms. The maximum atomic E-state index is 2.43. The van der Waals surface area contributed by atoms with Gasteiger partial charge in [-0.3, -0.25) is 0 Å². The largest absolute Gasteiger partial charge is 0.310 e. The molecule has 0 aliphatic rings. The van der Waals surface area contributed by atoms with Crippen molar-refractivity contribution in [1.29, 1.82) is 0 Å². The Balaban J connectivity index is 0.985. The third-order valence-electron chi connectivity index (χ3n) is 12.7. The van der Waals surface area contributed by atoms with Gasteiger partial charge in [-0.05, 0) is 120 Å². The van der Waals surface area contributed by atoms with E-state index in [1.165, 1.54) is 67.7 Å². The lowest BCUT2D eigenvalue weighted by Gasteiger charge is -2.29. The van der Waals surface area contributed by atoms with E-state index >= 15 is 0 Å². The molecular weight excluding hydrogens is 827 g/mol. The van der Waals surface area contributed by atoms with Crippen LogP contribution >= 0.6 is 22.7 Å². The second-order valence-electron chi connectivity index (χ2n) is 16.6. The number of aromatic nitrogens is 1. The highest BCUT2D eigenvalue weighted by Crippen LogP contribution is 2.45. The first kappa shape index (κ1) is 37.6. The monoisotopic (exact) mass is 865 g/mol. The maximum Gasteiger partial charge on any atom is 0.0547 e. The zero-order valence-electron chi connectivity index (χ0n) is 35.2. The van der Waals surface area contributed by atoms with E-state index in [-0.39, 0.29) is 0 Å². The van der Waals surface area contributed by atoms with Crippen molar-refractivity contribution in [3.05, 3.63) is 237 Å². The van der Waals surface area contributed by atoms with Crippen LogP contribution in [0.2, 0.25) is 0 Å². The number of anilines is 6. The molecule has 13 aromatic rings. The highest BCUT2D eigenvalue weighted by molar-refractivity contribution is 7.26. The van der Waals surface area contributed by atoms with Gasteiger partial charge in [-0.2, -0.15) is 0 Å². The van der Waals surface area contributed by atoms with Crippen LogP contribution in [-0.4, -0.2) is 4.57 Å². The van der Waals surface area contributed by atoms with Gasteiger partial charge in [0.05, 0.1) is 11.0 Å². The molecule has 3 nitrogen and oxygen atoms in total. The second kappa shape index (κ2) is 15.4. The molecule has 306 valence electrons. The standard InChI is InChI=1S/C60H39N3S2/c1-3-16-42(17-4-1)61(47-31-34-59-54(38-47)52-25-9-12-28-58(52)64-59)45-21-14-22-46(37-45)62(48-30-33-53-51-24-8-11-27-57(51)65-60(53)39-48)44-20-13-15-40(35-44)41-29-32-50-49-23-7-10-26-55(49)63(56(50)36-41)43-18-5-2-6-19-43/h1-39H. The first-order valence-electron chi connectivity index (χ1n) is 22.0. The molecule has 3 heterocycles. The summed E-state index contributed by atoms with van der Waals surface area (Å²) in [5, 5.41) is 7.64. The maximum absolute atomic E-state index is 2.43. The zero-order chi connectivity index (χ0) is 42.8. The second-order valence-corrected chi connectivity index (χ2v) is 18.7. The van der Waals surface area contributed by atoms with Crippen LogP contribution in [-0.2, 0) is 0 Å². The van der Waals surface area contributed by atoms with E-state index in [9.17, 15) is 0 Å². The van der Waals surface area contributed by atoms with E-state index < -0.39 is 0 Å². The molecule has 0 atom stereocenters. The summed E-state index contributed by atoms with van der Waals surface area (Å²) in [5.41, 5.74) is 12.4. The number of nitrogens with zero attached hydrogens (tertiary/aromatic N) is 3. The Morgan fingerprint density at radius 1 is 0.262 bits per heavy atom. The Kier molecular flexibility index (Phi) is 8.90. The van der Waals surface area contributed by atoms with E-state index in [1.807, 2.05) is 22.7 Å². The van der Waals surface area contributed by atoms with Gasteiger partial charge in [-0.1, -0.05) is 127 Å². The van der Waals surface area contributed by atoms with Crippen molar-refractivity contribution in [3.63, 3.8) is 0 Å². The fraction of sp³-hybridized carbons (Fsp3) is 0. The molecule has 0 amide bonds. The predicted molar refractivity (Wildman–Crippen MR) is 281 cm³/mol. The Morgan fingerprint density at radius 3 is 1.54 bits per heavy atom. The minimum Gasteiger partial charge on any atom is -0.310 e. The van der Waals surface area contributed by atoms with Crippen LogP contribution in [0.15, 0.2) is 237 Å². The summed E-state index contributed by atoms with van der Waals surface area (Å²) in [6.45, 7) is 0. The van der Waals surface area contributed by atoms with Crippen molar-refractivity contribution in [2.45, 2.75) is 0 Å². The van der Waals surface area contributed by atoms with E-state index in [1.54, 1.807) is 0 Å². The van der Waals surface area contributed by atoms with Gasteiger partial charge in [-0.15, -0.1) is 22.7 Å². The van der Waals surface area contributed by atoms with Crippen LogP contribution in [0.5, 0.6) is 0 Å². The molecule has 0 N–H and O–H groups in total. The number of para-hydroxylation sites is 3. The number of benzene rings is 10. The third-order valence-corrected chi connectivity index (χ3v) is 15.0. The van der Waals surface area contributed by atoms with Crippen molar-refractivity contribution >= 4 is 119 Å². The molecule has 5 heteroatoms. The molecule has 13 rings (SSSR count). The summed E-state index contributed by atoms with van der Waals surface area (Å²) in [6, 6.07) is 86.5. The molecule has 0 saturated heterocycles. The van der Waals surface area contributed by atoms with Gasteiger partial charge < -0.3 is 14.4 Å². The molecule has 65 heavy (non-hydrogen) atoms. The van der Waals surface area contributed by atoms with Crippen molar-refractivity contribution in [2.75, 3.05) is 9.80 Å². The molecule has 0 bridgehead atoms. The van der Waals surface area contributed by atoms with Crippen LogP contribution in [0.3, 0.4) is 0 Å². The van der Waals surface area contributed by atoms with Gasteiger partial charge in [0.15, 0.2) is 0 Å². The van der Waals surface area contributed by atoms with Crippen molar-refractivity contribution in [1.82, 2.24) is 4.57 Å². The number of thiophene rings is 2. The van der Waals surface area contributed by atoms with Gasteiger partial charge >= 0.3 is 0 Å². The van der Waals surface area contributed by atoms with E-state index in [2.05, 4.69) is 251 Å². The van der Waals surface area contributed by atoms with Crippen molar-refractivity contribution in [2.24, 2.45) is 0 Å². The quantitative estimate of drug-likeness (QED) is 0.151. The first-order chi connectivity index (χ1) is 32.2. The van der Waals surface area contributed by atoms with Crippen molar-refractivity contribution in [3.8, 4) is 16.8 Å². The molecule has 0 aliphatic carbocycles. The summed E-state index contributed by atoms with van der Waals surface area (Å²) >= 11 is 3.71. The van der Waals surface area contributed by atoms with Gasteiger partial charge in [-0.25, -0.2) is 0 Å². The number of hydrogen-bond donors (Lipinski definition) is 0. The number of fused-ring (bicyclic) bond motifs is 9. The molecular formula is C60H39N3S2. The van der Waals surface area contributed by atoms with Crippen LogP contribution in [0.25, 0.3) is 79.0 Å². The molecule has 0 fully saturated rings. The average Bonchev–Trinajstić information content (AvgIpc) is 4.04. The highest BCUT2D eigenvalue weighted by atomic mass is 32.1. The fourth-order valence-corrected chi connectivity index (χ4v) is 12.0. The lowest BCUT2D eigenvalue weighted by atomic mass is 10.0. The lowest BCUT2D eigenvalue weighted by molar-refractivity contribution is 1.18. The van der Waals surface area contributed by atoms with E-state index in [0.717, 1.165) is 45.4 Å². The van der Waals surface area contributed by atoms with Crippen LogP contribution < -0.4 is 9.80 Å². The summed E-state index contributed by atoms with van der Waals surface area (Å²) in [4.78, 5) is 4.81. The molecule has 0 unspecified atom stereocenters. The average molecular weight is 866 g/mol. The Labute approximate surface area is 384 Å². The molecule has 0 radical (unpaired) electrons. The first-order valence-corrected chi connectivity index (χ1v) is 23.6. The van der Waals surface area contributed by atoms with Crippen molar-refractivity contribution < 1.29 is 0 Å². The minimum absolute atomic E-state index is 1.07. The van der Waals surface area contributed by atoms with E-state index in [0.29, 0.717) is 0 Å². The predicted octanol–water partition coefficient (Wildman–Crippen LogP) is 18.1. The number of rotatable bonds is 8. The Bertz CT molecular complexity index is 3920. The topological polar surface area (TPSA) is 11.4 Å². The third kappa shape index (κ3) is 6.39. The van der Waals surface area contributed by atoms with Crippen LogP contribution in [0, 0.1) is 0 Å². The Morgan fingerprint density at radius 2 is 0.754 bits per heavy atom. The highest BCUT2D eigenvalue weighted by Gasteiger charge is 2.20. The SMILES string of the molecule is c1ccc(N(c2cccc(N(c3cccc(-c4ccc5c6ccccc6n(-c6ccccc6)c5c4)c3)c3ccc4c(c3)sc3ccccc34)c2)c2ccc3sc4ccccc4c3c2)cc1. The fourth-order valence-electron chi connectivity index (χ4n) is 9.78. The Hall–Kier alpha value is -7.96. The van der Waals surface area contributed by atoms with Gasteiger partial charge in [0.25, 0.3) is 0 Å². The summed E-state index contributed by atoms with van der Waals surface area (Å²) < 4.78 is 7.56. The molecule has 10 aromatic carbocycles. The van der Waals surface area contributed by atoms with Crippen LogP contribution in [0.4, 0.5) is 34.1 Å². The molecule has 0 saturated carbocycles. The van der Waals surface area contributed by atoms with Gasteiger partial charge in [0.2, 0.25) is 0 Å². The smallest absolute Gasteiger partial charge is 0.0547 e. The molecule has 3 aromatic heterocycles. The minimum atomic E-state index is 1.07. The van der Waals surface area contributed by atoms with Crippen LogP contribution in [0.1, 0.15) is 0 Å². The zero-order valence-corrected chi connectivity index (χ0v) is 36.8. The summed E-state index contributed by atoms with van der Waals surface area (Å²) in [6.07, 6.45) is 0. The summed E-state index contributed by atoms with van der Waals surface area (Å²) in [7, 11) is 0. The lowest BCUT2D eigenvalue weighted by Crippen LogP contribution is -2.13. The summed E-state index contributed by atoms with van der Waals surface area (Å²) in [5.74, 6) is 0. The molecule has 0 aliphatic heterocycles. The van der Waals surface area contributed by atoms with Gasteiger partial charge in [0, 0.05) is 90.9 Å². The number of hydrogen-bond acceptors (Lipinski definition) is 4. The normalized spacial score (nSPS) is 11.7. The van der Waals surface area contributed by atoms with Gasteiger partial charge in [0.1, 0.15) is 0 Å². The van der Waals surface area contributed by atoms with E-state index in [4.69, 9.17) is 0 Å².